The van der Waals surface area contributed by atoms with Crippen LogP contribution in [-0.2, 0) is 9.47 Å². The summed E-state index contributed by atoms with van der Waals surface area (Å²) in [5, 5.41) is 0. The van der Waals surface area contributed by atoms with E-state index in [0.717, 1.165) is 19.5 Å². The molecule has 116 valence electrons. The van der Waals surface area contributed by atoms with E-state index in [1.54, 1.807) is 0 Å². The average molecular weight is 290 g/mol. The van der Waals surface area contributed by atoms with Gasteiger partial charge in [-0.3, -0.25) is 4.90 Å². The largest absolute Gasteiger partial charge is 0.347 e. The molecule has 2 aliphatic rings. The monoisotopic (exact) mass is 290 g/mol. The van der Waals surface area contributed by atoms with Gasteiger partial charge in [-0.1, -0.05) is 24.3 Å². The van der Waals surface area contributed by atoms with Crippen molar-refractivity contribution in [1.82, 2.24) is 4.90 Å². The Balaban J connectivity index is 1.78. The molecule has 21 heavy (non-hydrogen) atoms. The molecule has 4 heteroatoms. The van der Waals surface area contributed by atoms with Crippen LogP contribution in [-0.4, -0.2) is 37.4 Å². The van der Waals surface area contributed by atoms with Crippen molar-refractivity contribution >= 4 is 0 Å². The van der Waals surface area contributed by atoms with Crippen LogP contribution in [0.5, 0.6) is 0 Å². The minimum Gasteiger partial charge on any atom is -0.347 e. The number of hydrogen-bond acceptors (Lipinski definition) is 4. The molecular weight excluding hydrogens is 264 g/mol. The van der Waals surface area contributed by atoms with Crippen LogP contribution in [0.4, 0.5) is 0 Å². The van der Waals surface area contributed by atoms with Gasteiger partial charge in [-0.2, -0.15) is 0 Å². The number of benzene rings is 1. The molecule has 3 unspecified atom stereocenters. The average Bonchev–Trinajstić information content (AvgIpc) is 3.01. The maximum absolute atomic E-state index is 5.97. The first kappa shape index (κ1) is 15.0. The molecule has 1 aromatic carbocycles. The first-order valence-electron chi connectivity index (χ1n) is 7.80. The highest BCUT2D eigenvalue weighted by atomic mass is 16.7. The number of nitrogens with zero attached hydrogens (tertiary/aromatic N) is 1. The van der Waals surface area contributed by atoms with Crippen molar-refractivity contribution < 1.29 is 9.47 Å². The molecule has 2 N–H and O–H groups in total. The first-order valence-corrected chi connectivity index (χ1v) is 7.80. The number of nitrogens with two attached hydrogens (primary N) is 1. The van der Waals surface area contributed by atoms with Gasteiger partial charge < -0.3 is 15.2 Å². The maximum Gasteiger partial charge on any atom is 0.163 e. The van der Waals surface area contributed by atoms with E-state index in [4.69, 9.17) is 15.2 Å². The molecule has 0 saturated carbocycles. The second-order valence-corrected chi connectivity index (χ2v) is 6.78. The number of likely N-dealkylation sites (tertiary alicyclic amines) is 1. The molecule has 0 aliphatic carbocycles. The predicted octanol–water partition coefficient (Wildman–Crippen LogP) is 2.46. The molecule has 1 aromatic rings. The lowest BCUT2D eigenvalue weighted by Crippen LogP contribution is -2.21. The quantitative estimate of drug-likeness (QED) is 0.929. The van der Waals surface area contributed by atoms with Crippen molar-refractivity contribution in [3.63, 3.8) is 0 Å². The fourth-order valence-corrected chi connectivity index (χ4v) is 3.48. The van der Waals surface area contributed by atoms with Gasteiger partial charge in [0.1, 0.15) is 6.10 Å². The highest BCUT2D eigenvalue weighted by Crippen LogP contribution is 2.37. The topological polar surface area (TPSA) is 47.7 Å². The van der Waals surface area contributed by atoms with Gasteiger partial charge in [0.25, 0.3) is 0 Å². The Morgan fingerprint density at radius 2 is 2.10 bits per heavy atom. The standard InChI is InChI=1S/C17H26N2O2/c1-17(2)20-11-16(21-17)14-6-4-5-13(8-14)15-7-12(9-18)10-19(15)3/h4-6,8,12,15-16H,7,9-11,18H2,1-3H3. The van der Waals surface area contributed by atoms with E-state index >= 15 is 0 Å². The third kappa shape index (κ3) is 3.14. The van der Waals surface area contributed by atoms with E-state index in [2.05, 4.69) is 36.2 Å². The summed E-state index contributed by atoms with van der Waals surface area (Å²) in [6.45, 7) is 6.42. The van der Waals surface area contributed by atoms with Gasteiger partial charge in [-0.05, 0) is 50.9 Å². The highest BCUT2D eigenvalue weighted by Gasteiger charge is 2.34. The predicted molar refractivity (Wildman–Crippen MR) is 82.8 cm³/mol. The minimum absolute atomic E-state index is 0.0389. The zero-order chi connectivity index (χ0) is 15.0. The lowest BCUT2D eigenvalue weighted by molar-refractivity contribution is -0.139. The Kier molecular flexibility index (Phi) is 4.06. The van der Waals surface area contributed by atoms with E-state index in [1.165, 1.54) is 11.1 Å². The Labute approximate surface area is 127 Å². The smallest absolute Gasteiger partial charge is 0.163 e. The molecule has 0 aromatic heterocycles. The molecule has 0 bridgehead atoms. The van der Waals surface area contributed by atoms with Crippen LogP contribution >= 0.6 is 0 Å². The number of rotatable bonds is 3. The van der Waals surface area contributed by atoms with Crippen molar-refractivity contribution in [1.29, 1.82) is 0 Å². The SMILES string of the molecule is CN1CC(CN)CC1c1cccc(C2COC(C)(C)O2)c1. The van der Waals surface area contributed by atoms with Gasteiger partial charge in [0.2, 0.25) is 0 Å². The van der Waals surface area contributed by atoms with Gasteiger partial charge in [0.15, 0.2) is 5.79 Å². The molecule has 2 fully saturated rings. The summed E-state index contributed by atoms with van der Waals surface area (Å²) in [6, 6.07) is 9.21. The van der Waals surface area contributed by atoms with E-state index in [-0.39, 0.29) is 6.10 Å². The van der Waals surface area contributed by atoms with Crippen molar-refractivity contribution in [2.24, 2.45) is 11.7 Å². The molecule has 0 amide bonds. The van der Waals surface area contributed by atoms with Crippen molar-refractivity contribution in [2.75, 3.05) is 26.7 Å². The Morgan fingerprint density at radius 3 is 2.71 bits per heavy atom. The van der Waals surface area contributed by atoms with Crippen molar-refractivity contribution in [3.05, 3.63) is 35.4 Å². The summed E-state index contributed by atoms with van der Waals surface area (Å²) in [5.41, 5.74) is 8.40. The summed E-state index contributed by atoms with van der Waals surface area (Å²) in [5.74, 6) is 0.129. The molecule has 0 radical (unpaired) electrons. The van der Waals surface area contributed by atoms with Crippen LogP contribution in [0.15, 0.2) is 24.3 Å². The minimum atomic E-state index is -0.477. The molecule has 0 spiro atoms. The lowest BCUT2D eigenvalue weighted by Gasteiger charge is -2.21. The number of hydrogen-bond donors (Lipinski definition) is 1. The molecular formula is C17H26N2O2. The highest BCUT2D eigenvalue weighted by molar-refractivity contribution is 5.29. The van der Waals surface area contributed by atoms with Gasteiger partial charge in [0, 0.05) is 12.6 Å². The lowest BCUT2D eigenvalue weighted by atomic mass is 9.97. The summed E-state index contributed by atoms with van der Waals surface area (Å²) < 4.78 is 11.6. The summed E-state index contributed by atoms with van der Waals surface area (Å²) in [4.78, 5) is 2.41. The van der Waals surface area contributed by atoms with E-state index in [0.29, 0.717) is 18.6 Å². The van der Waals surface area contributed by atoms with Gasteiger partial charge in [-0.15, -0.1) is 0 Å². The summed E-state index contributed by atoms with van der Waals surface area (Å²) in [7, 11) is 2.19. The van der Waals surface area contributed by atoms with Crippen molar-refractivity contribution in [2.45, 2.75) is 38.2 Å². The second kappa shape index (κ2) is 5.69. The Morgan fingerprint density at radius 1 is 1.33 bits per heavy atom. The van der Waals surface area contributed by atoms with Crippen LogP contribution in [0.2, 0.25) is 0 Å². The van der Waals surface area contributed by atoms with Crippen LogP contribution in [0, 0.1) is 5.92 Å². The van der Waals surface area contributed by atoms with E-state index in [9.17, 15) is 0 Å². The van der Waals surface area contributed by atoms with E-state index < -0.39 is 5.79 Å². The fourth-order valence-electron chi connectivity index (χ4n) is 3.48. The molecule has 4 nitrogen and oxygen atoms in total. The molecule has 2 aliphatic heterocycles. The van der Waals surface area contributed by atoms with Crippen molar-refractivity contribution in [3.8, 4) is 0 Å². The third-order valence-corrected chi connectivity index (χ3v) is 4.64. The van der Waals surface area contributed by atoms with Gasteiger partial charge in [-0.25, -0.2) is 0 Å². The summed E-state index contributed by atoms with van der Waals surface area (Å²) in [6.07, 6.45) is 1.18. The van der Waals surface area contributed by atoms with Gasteiger partial charge >= 0.3 is 0 Å². The van der Waals surface area contributed by atoms with Crippen LogP contribution in [0.25, 0.3) is 0 Å². The zero-order valence-corrected chi connectivity index (χ0v) is 13.2. The second-order valence-electron chi connectivity index (χ2n) is 6.78. The number of ether oxygens (including phenoxy) is 2. The molecule has 3 rings (SSSR count). The van der Waals surface area contributed by atoms with E-state index in [1.807, 2.05) is 13.8 Å². The van der Waals surface area contributed by atoms with Crippen LogP contribution in [0.1, 0.15) is 43.5 Å². The first-order chi connectivity index (χ1) is 9.98. The Bertz CT molecular complexity index is 503. The third-order valence-electron chi connectivity index (χ3n) is 4.64. The molecule has 3 atom stereocenters. The zero-order valence-electron chi connectivity index (χ0n) is 13.2. The van der Waals surface area contributed by atoms with Gasteiger partial charge in [0.05, 0.1) is 6.61 Å². The molecule has 2 heterocycles. The summed E-state index contributed by atoms with van der Waals surface area (Å²) >= 11 is 0. The van der Waals surface area contributed by atoms with Crippen LogP contribution in [0.3, 0.4) is 0 Å². The normalized spacial score (nSPS) is 32.7. The molecule has 2 saturated heterocycles. The fraction of sp³-hybridized carbons (Fsp3) is 0.647. The van der Waals surface area contributed by atoms with Crippen LogP contribution < -0.4 is 5.73 Å². The maximum atomic E-state index is 5.97. The Hall–Kier alpha value is -0.940.